The van der Waals surface area contributed by atoms with Gasteiger partial charge >= 0.3 is 11.9 Å². The molecule has 3 heterocycles. The predicted molar refractivity (Wildman–Crippen MR) is 130 cm³/mol. The van der Waals surface area contributed by atoms with Crippen LogP contribution in [0.15, 0.2) is 24.3 Å². The standard InChI is InChI=1S/C23H32N4O3.C2H2O4/c28-22(21-19-6-1-2-7-20(19)27(26-21)18-4-3-5-18)25-17-9-8-16(24-15-17)14-23(29)10-12-30-13-11-23;3-1(4)2(5)6/h1-2,6-7,16-18,24,29H,3-5,8-15H2,(H,25,28);(H,3,4)(H,5,6)/t16-,17?;/m0./s1. The van der Waals surface area contributed by atoms with Gasteiger partial charge in [-0.15, -0.1) is 0 Å². The number of ether oxygens (including phenoxy) is 1. The molecule has 2 aliphatic heterocycles. The van der Waals surface area contributed by atoms with Crippen molar-refractivity contribution in [3.63, 3.8) is 0 Å². The molecule has 5 N–H and O–H groups in total. The van der Waals surface area contributed by atoms with Gasteiger partial charge in [0.1, 0.15) is 0 Å². The van der Waals surface area contributed by atoms with Gasteiger partial charge in [0, 0.05) is 37.2 Å². The Morgan fingerprint density at radius 1 is 1.08 bits per heavy atom. The molecule has 1 aromatic carbocycles. The lowest BCUT2D eigenvalue weighted by atomic mass is 9.84. The van der Waals surface area contributed by atoms with Crippen LogP contribution in [0.2, 0.25) is 0 Å². The van der Waals surface area contributed by atoms with Crippen LogP contribution in [0.5, 0.6) is 0 Å². The number of aromatic nitrogens is 2. The summed E-state index contributed by atoms with van der Waals surface area (Å²) >= 11 is 0. The van der Waals surface area contributed by atoms with Crippen molar-refractivity contribution >= 4 is 28.7 Å². The van der Waals surface area contributed by atoms with Crippen LogP contribution >= 0.6 is 0 Å². The van der Waals surface area contributed by atoms with Gasteiger partial charge in [0.25, 0.3) is 5.91 Å². The van der Waals surface area contributed by atoms with Gasteiger partial charge < -0.3 is 30.7 Å². The van der Waals surface area contributed by atoms with Crippen LogP contribution in [0.3, 0.4) is 0 Å². The molecule has 0 radical (unpaired) electrons. The molecular weight excluding hydrogens is 468 g/mol. The highest BCUT2D eigenvalue weighted by atomic mass is 16.5. The van der Waals surface area contributed by atoms with Crippen molar-refractivity contribution < 1.29 is 34.4 Å². The summed E-state index contributed by atoms with van der Waals surface area (Å²) in [5, 5.41) is 37.9. The number of hydrogen-bond donors (Lipinski definition) is 5. The van der Waals surface area contributed by atoms with Crippen LogP contribution in [0.25, 0.3) is 10.9 Å². The second-order valence-electron chi connectivity index (χ2n) is 9.90. The maximum absolute atomic E-state index is 13.0. The van der Waals surface area contributed by atoms with Crippen LogP contribution in [0.4, 0.5) is 0 Å². The highest BCUT2D eigenvalue weighted by Crippen LogP contribution is 2.34. The highest BCUT2D eigenvalue weighted by Gasteiger charge is 2.34. The number of rotatable bonds is 5. The Morgan fingerprint density at radius 2 is 1.78 bits per heavy atom. The molecule has 1 saturated carbocycles. The smallest absolute Gasteiger partial charge is 0.414 e. The maximum Gasteiger partial charge on any atom is 0.414 e. The normalized spacial score (nSPS) is 23.7. The van der Waals surface area contributed by atoms with Crippen LogP contribution < -0.4 is 10.6 Å². The zero-order valence-electron chi connectivity index (χ0n) is 20.2. The number of aliphatic carboxylic acids is 2. The summed E-state index contributed by atoms with van der Waals surface area (Å²) < 4.78 is 7.43. The number of nitrogens with one attached hydrogen (secondary N) is 2. The van der Waals surface area contributed by atoms with E-state index in [4.69, 9.17) is 29.6 Å². The number of hydrogen-bond acceptors (Lipinski definition) is 7. The fourth-order valence-electron chi connectivity index (χ4n) is 5.05. The third-order valence-electron chi connectivity index (χ3n) is 7.33. The van der Waals surface area contributed by atoms with E-state index in [2.05, 4.69) is 21.4 Å². The molecule has 11 heteroatoms. The SMILES string of the molecule is O=C(NC1CC[C@@H](CC2(O)CCOCC2)NC1)c1nn(C2CCC2)c2ccccc12.O=C(O)C(=O)O. The number of piperidine rings is 1. The zero-order valence-corrected chi connectivity index (χ0v) is 20.2. The highest BCUT2D eigenvalue weighted by molar-refractivity contribution is 6.27. The summed E-state index contributed by atoms with van der Waals surface area (Å²) in [6.45, 7) is 2.01. The molecule has 1 amide bonds. The number of aliphatic hydroxyl groups is 1. The van der Waals surface area contributed by atoms with Gasteiger partial charge in [-0.25, -0.2) is 9.59 Å². The summed E-state index contributed by atoms with van der Waals surface area (Å²) in [5.74, 6) is -3.73. The van der Waals surface area contributed by atoms with Gasteiger partial charge in [-0.3, -0.25) is 9.48 Å². The number of carboxylic acids is 2. The topological polar surface area (TPSA) is 163 Å². The number of amides is 1. The summed E-state index contributed by atoms with van der Waals surface area (Å²) in [5.41, 5.74) is 0.981. The number of benzene rings is 1. The molecule has 196 valence electrons. The molecular formula is C25H34N4O7. The quantitative estimate of drug-likeness (QED) is 0.383. The first-order chi connectivity index (χ1) is 17.3. The largest absolute Gasteiger partial charge is 0.473 e. The summed E-state index contributed by atoms with van der Waals surface area (Å²) in [6.07, 6.45) is 7.55. The minimum atomic E-state index is -1.82. The minimum Gasteiger partial charge on any atom is -0.473 e. The summed E-state index contributed by atoms with van der Waals surface area (Å²) in [6, 6.07) is 8.84. The zero-order chi connectivity index (χ0) is 25.7. The van der Waals surface area contributed by atoms with Crippen molar-refractivity contribution in [2.24, 2.45) is 0 Å². The molecule has 0 bridgehead atoms. The Morgan fingerprint density at radius 3 is 2.36 bits per heavy atom. The minimum absolute atomic E-state index is 0.0856. The van der Waals surface area contributed by atoms with Crippen LogP contribution in [-0.2, 0) is 14.3 Å². The molecule has 0 spiro atoms. The second kappa shape index (κ2) is 11.4. The van der Waals surface area contributed by atoms with E-state index >= 15 is 0 Å². The van der Waals surface area contributed by atoms with E-state index in [1.54, 1.807) is 0 Å². The Hall–Kier alpha value is -3.02. The Bertz CT molecular complexity index is 1070. The van der Waals surface area contributed by atoms with E-state index in [1.807, 2.05) is 18.2 Å². The molecule has 1 aromatic heterocycles. The number of para-hydroxylation sites is 1. The molecule has 3 fully saturated rings. The first-order valence-corrected chi connectivity index (χ1v) is 12.5. The van der Waals surface area contributed by atoms with Crippen molar-refractivity contribution in [2.45, 2.75) is 75.1 Å². The molecule has 1 aliphatic carbocycles. The fourth-order valence-corrected chi connectivity index (χ4v) is 5.05. The molecule has 2 aromatic rings. The van der Waals surface area contributed by atoms with E-state index in [9.17, 15) is 9.90 Å². The third-order valence-corrected chi connectivity index (χ3v) is 7.33. The van der Waals surface area contributed by atoms with Crippen LogP contribution in [-0.4, -0.2) is 80.4 Å². The van der Waals surface area contributed by atoms with Crippen molar-refractivity contribution in [3.05, 3.63) is 30.0 Å². The van der Waals surface area contributed by atoms with E-state index in [-0.39, 0.29) is 11.9 Å². The summed E-state index contributed by atoms with van der Waals surface area (Å²) in [7, 11) is 0. The maximum atomic E-state index is 13.0. The number of carbonyl (C=O) groups is 3. The molecule has 2 saturated heterocycles. The lowest BCUT2D eigenvalue weighted by Crippen LogP contribution is -2.52. The first kappa shape index (κ1) is 26.1. The number of carboxylic acid groups (broad SMARTS) is 2. The van der Waals surface area contributed by atoms with Crippen LogP contribution in [0, 0.1) is 0 Å². The fraction of sp³-hybridized carbons (Fsp3) is 0.600. The average Bonchev–Trinajstić information content (AvgIpc) is 3.19. The van der Waals surface area contributed by atoms with Gasteiger partial charge in [0.05, 0.1) is 17.2 Å². The number of carbonyl (C=O) groups excluding carboxylic acids is 1. The molecule has 1 unspecified atom stereocenters. The lowest BCUT2D eigenvalue weighted by Gasteiger charge is -2.38. The Balaban J connectivity index is 0.000000455. The second-order valence-corrected chi connectivity index (χ2v) is 9.90. The van der Waals surface area contributed by atoms with Crippen molar-refractivity contribution in [3.8, 4) is 0 Å². The van der Waals surface area contributed by atoms with E-state index in [1.165, 1.54) is 6.42 Å². The molecule has 11 nitrogen and oxygen atoms in total. The molecule has 36 heavy (non-hydrogen) atoms. The lowest BCUT2D eigenvalue weighted by molar-refractivity contribution is -0.159. The van der Waals surface area contributed by atoms with E-state index in [0.29, 0.717) is 43.8 Å². The predicted octanol–water partition coefficient (Wildman–Crippen LogP) is 1.70. The molecule has 3 aliphatic rings. The van der Waals surface area contributed by atoms with E-state index in [0.717, 1.165) is 49.6 Å². The molecule has 2 atom stereocenters. The van der Waals surface area contributed by atoms with Crippen molar-refractivity contribution in [1.29, 1.82) is 0 Å². The Labute approximate surface area is 208 Å². The average molecular weight is 503 g/mol. The van der Waals surface area contributed by atoms with Gasteiger partial charge in [-0.05, 0) is 57.4 Å². The molecule has 5 rings (SSSR count). The van der Waals surface area contributed by atoms with Gasteiger partial charge in [0.15, 0.2) is 5.69 Å². The van der Waals surface area contributed by atoms with Gasteiger partial charge in [-0.1, -0.05) is 18.2 Å². The third kappa shape index (κ3) is 6.21. The van der Waals surface area contributed by atoms with Crippen molar-refractivity contribution in [2.75, 3.05) is 19.8 Å². The number of nitrogens with zero attached hydrogens (tertiary/aromatic N) is 2. The van der Waals surface area contributed by atoms with Gasteiger partial charge in [0.2, 0.25) is 0 Å². The number of fused-ring (bicyclic) bond motifs is 1. The summed E-state index contributed by atoms with van der Waals surface area (Å²) in [4.78, 5) is 31.2. The monoisotopic (exact) mass is 502 g/mol. The van der Waals surface area contributed by atoms with Crippen LogP contribution in [0.1, 0.15) is 67.9 Å². The van der Waals surface area contributed by atoms with Crippen molar-refractivity contribution in [1.82, 2.24) is 20.4 Å². The Kier molecular flexibility index (Phi) is 8.22. The van der Waals surface area contributed by atoms with Gasteiger partial charge in [-0.2, -0.15) is 5.10 Å². The van der Waals surface area contributed by atoms with E-state index < -0.39 is 17.5 Å². The first-order valence-electron chi connectivity index (χ1n) is 12.5.